The van der Waals surface area contributed by atoms with Crippen LogP contribution >= 0.6 is 0 Å². The van der Waals surface area contributed by atoms with Crippen LogP contribution in [0.25, 0.3) is 0 Å². The number of rotatable bonds is 4. The molecule has 5 unspecified atom stereocenters. The number of ether oxygens (including phenoxy) is 2. The number of sulfone groups is 1. The van der Waals surface area contributed by atoms with Crippen LogP contribution in [-0.2, 0) is 19.3 Å². The van der Waals surface area contributed by atoms with Gasteiger partial charge in [0.25, 0.3) is 0 Å². The second kappa shape index (κ2) is 7.44. The fraction of sp³-hybridized carbons (Fsp3) is 0.944. The SMILES string of the molecule is CC1C2CC(CC(OC(=O)OC(C)(C)C)(C(F)(F)F)C(F)(F)F)C(C2)C1S(C)(=O)=O. The van der Waals surface area contributed by atoms with Crippen molar-refractivity contribution in [2.45, 2.75) is 75.8 Å². The van der Waals surface area contributed by atoms with E-state index in [0.717, 1.165) is 6.26 Å². The molecular weight excluding hydrogens is 442 g/mol. The Labute approximate surface area is 171 Å². The van der Waals surface area contributed by atoms with E-state index >= 15 is 0 Å². The van der Waals surface area contributed by atoms with Crippen LogP contribution in [0, 0.1) is 23.7 Å². The first-order valence-corrected chi connectivity index (χ1v) is 11.4. The molecule has 30 heavy (non-hydrogen) atoms. The Hall–Kier alpha value is -1.20. The lowest BCUT2D eigenvalue weighted by atomic mass is 9.76. The van der Waals surface area contributed by atoms with Gasteiger partial charge >= 0.3 is 24.1 Å². The van der Waals surface area contributed by atoms with Crippen LogP contribution in [0.2, 0.25) is 0 Å². The summed E-state index contributed by atoms with van der Waals surface area (Å²) in [7, 11) is -3.68. The maximum atomic E-state index is 13.8. The summed E-state index contributed by atoms with van der Waals surface area (Å²) in [5.74, 6) is -2.76. The maximum Gasteiger partial charge on any atom is 0.510 e. The molecule has 2 fully saturated rings. The molecule has 0 aromatic carbocycles. The van der Waals surface area contributed by atoms with Gasteiger partial charge in [0, 0.05) is 12.7 Å². The molecule has 2 bridgehead atoms. The molecule has 0 N–H and O–H groups in total. The highest BCUT2D eigenvalue weighted by atomic mass is 32.2. The van der Waals surface area contributed by atoms with E-state index in [9.17, 15) is 39.6 Å². The molecule has 2 rings (SSSR count). The fourth-order valence-electron chi connectivity index (χ4n) is 4.97. The van der Waals surface area contributed by atoms with Crippen LogP contribution in [0.5, 0.6) is 0 Å². The van der Waals surface area contributed by atoms with E-state index in [1.54, 1.807) is 6.92 Å². The van der Waals surface area contributed by atoms with E-state index in [4.69, 9.17) is 0 Å². The molecule has 0 saturated heterocycles. The molecule has 0 aliphatic heterocycles. The molecule has 2 saturated carbocycles. The monoisotopic (exact) mass is 468 g/mol. The molecule has 0 aromatic rings. The van der Waals surface area contributed by atoms with Crippen molar-refractivity contribution in [1.82, 2.24) is 0 Å². The van der Waals surface area contributed by atoms with Crippen molar-refractivity contribution >= 4 is 16.0 Å². The molecular formula is C18H26F6O5S. The third kappa shape index (κ3) is 4.67. The predicted molar refractivity (Wildman–Crippen MR) is 94.3 cm³/mol. The molecule has 2 aliphatic rings. The summed E-state index contributed by atoms with van der Waals surface area (Å²) in [6, 6.07) is 0. The Bertz CT molecular complexity index is 753. The van der Waals surface area contributed by atoms with E-state index in [1.807, 2.05) is 0 Å². The maximum absolute atomic E-state index is 13.8. The quantitative estimate of drug-likeness (QED) is 0.434. The van der Waals surface area contributed by atoms with E-state index in [2.05, 4.69) is 9.47 Å². The molecule has 5 atom stereocenters. The van der Waals surface area contributed by atoms with Gasteiger partial charge in [0.05, 0.1) is 5.25 Å². The molecule has 0 aromatic heterocycles. The Morgan fingerprint density at radius 2 is 1.47 bits per heavy atom. The van der Waals surface area contributed by atoms with Crippen LogP contribution in [0.15, 0.2) is 0 Å². The summed E-state index contributed by atoms with van der Waals surface area (Å²) in [6.45, 7) is 5.45. The van der Waals surface area contributed by atoms with Gasteiger partial charge in [-0.15, -0.1) is 0 Å². The average molecular weight is 468 g/mol. The van der Waals surface area contributed by atoms with Gasteiger partial charge in [-0.25, -0.2) is 13.2 Å². The van der Waals surface area contributed by atoms with Crippen molar-refractivity contribution in [3.63, 3.8) is 0 Å². The number of halogens is 6. The third-order valence-electron chi connectivity index (χ3n) is 6.08. The smallest absolute Gasteiger partial charge is 0.429 e. The fourth-order valence-corrected chi connectivity index (χ4v) is 6.94. The lowest BCUT2D eigenvalue weighted by molar-refractivity contribution is -0.374. The van der Waals surface area contributed by atoms with Crippen molar-refractivity contribution in [2.75, 3.05) is 6.26 Å². The molecule has 5 nitrogen and oxygen atoms in total. The standard InChI is InChI=1S/C18H26F6O5S/c1-9-10-6-11(12(7-10)13(9)30(5,26)27)8-16(17(19,20)21,18(22,23)24)29-14(25)28-15(2,3)4/h9-13H,6-8H2,1-5H3. The second-order valence-electron chi connectivity index (χ2n) is 9.40. The van der Waals surface area contributed by atoms with Gasteiger partial charge in [0.1, 0.15) is 5.60 Å². The van der Waals surface area contributed by atoms with Crippen LogP contribution in [0.1, 0.15) is 47.0 Å². The van der Waals surface area contributed by atoms with Gasteiger partial charge in [0.2, 0.25) is 0 Å². The van der Waals surface area contributed by atoms with Crippen LogP contribution in [-0.4, -0.2) is 49.6 Å². The molecule has 2 aliphatic carbocycles. The summed E-state index contributed by atoms with van der Waals surface area (Å²) in [6.07, 6.45) is -14.5. The number of alkyl halides is 6. The first-order valence-electron chi connectivity index (χ1n) is 9.44. The van der Waals surface area contributed by atoms with E-state index < -0.39 is 63.1 Å². The largest absolute Gasteiger partial charge is 0.510 e. The van der Waals surface area contributed by atoms with Gasteiger partial charge < -0.3 is 9.47 Å². The number of carbonyl (C=O) groups excluding carboxylic acids is 1. The highest BCUT2D eigenvalue weighted by Crippen LogP contribution is 2.59. The number of carbonyl (C=O) groups is 1. The van der Waals surface area contributed by atoms with Crippen molar-refractivity contribution in [3.05, 3.63) is 0 Å². The summed E-state index contributed by atoms with van der Waals surface area (Å²) in [4.78, 5) is 11.8. The Morgan fingerprint density at radius 1 is 0.967 bits per heavy atom. The summed E-state index contributed by atoms with van der Waals surface area (Å²) in [5.41, 5.74) is -6.16. The van der Waals surface area contributed by atoms with E-state index in [0.29, 0.717) is 0 Å². The zero-order valence-corrected chi connectivity index (χ0v) is 18.0. The van der Waals surface area contributed by atoms with Crippen molar-refractivity contribution in [3.8, 4) is 0 Å². The highest BCUT2D eigenvalue weighted by molar-refractivity contribution is 7.91. The van der Waals surface area contributed by atoms with Gasteiger partial charge in [-0.2, -0.15) is 26.3 Å². The minimum atomic E-state index is -5.98. The Morgan fingerprint density at radius 3 is 1.83 bits per heavy atom. The molecule has 12 heteroatoms. The predicted octanol–water partition coefficient (Wildman–Crippen LogP) is 4.90. The minimum absolute atomic E-state index is 0.00341. The topological polar surface area (TPSA) is 69.7 Å². The third-order valence-corrected chi connectivity index (χ3v) is 7.84. The second-order valence-corrected chi connectivity index (χ2v) is 11.6. The number of fused-ring (bicyclic) bond motifs is 2. The van der Waals surface area contributed by atoms with Crippen molar-refractivity contribution in [1.29, 1.82) is 0 Å². The summed E-state index contributed by atoms with van der Waals surface area (Å²) in [5, 5.41) is -1.03. The lowest BCUT2D eigenvalue weighted by Crippen LogP contribution is -2.61. The van der Waals surface area contributed by atoms with E-state index in [1.165, 1.54) is 20.8 Å². The molecule has 0 spiro atoms. The first-order chi connectivity index (χ1) is 13.2. The van der Waals surface area contributed by atoms with Crippen LogP contribution < -0.4 is 0 Å². The number of hydrogen-bond donors (Lipinski definition) is 0. The molecule has 0 radical (unpaired) electrons. The van der Waals surface area contributed by atoms with Crippen molar-refractivity contribution in [2.24, 2.45) is 23.7 Å². The first kappa shape index (κ1) is 25.1. The minimum Gasteiger partial charge on any atom is -0.429 e. The van der Waals surface area contributed by atoms with Gasteiger partial charge in [-0.3, -0.25) is 0 Å². The number of hydrogen-bond acceptors (Lipinski definition) is 5. The Balaban J connectivity index is 2.43. The van der Waals surface area contributed by atoms with Crippen molar-refractivity contribution < 1.29 is 49.0 Å². The van der Waals surface area contributed by atoms with Crippen LogP contribution in [0.4, 0.5) is 31.1 Å². The van der Waals surface area contributed by atoms with Crippen LogP contribution in [0.3, 0.4) is 0 Å². The molecule has 0 amide bonds. The molecule has 176 valence electrons. The van der Waals surface area contributed by atoms with Gasteiger partial charge in [-0.05, 0) is 57.3 Å². The van der Waals surface area contributed by atoms with E-state index in [-0.39, 0.29) is 24.7 Å². The zero-order valence-electron chi connectivity index (χ0n) is 17.2. The average Bonchev–Trinajstić information content (AvgIpc) is 2.98. The van der Waals surface area contributed by atoms with Gasteiger partial charge in [0.15, 0.2) is 9.84 Å². The highest BCUT2D eigenvalue weighted by Gasteiger charge is 2.76. The summed E-state index contributed by atoms with van der Waals surface area (Å²) >= 11 is 0. The lowest BCUT2D eigenvalue weighted by Gasteiger charge is -2.41. The molecule has 0 heterocycles. The van der Waals surface area contributed by atoms with Gasteiger partial charge in [-0.1, -0.05) is 6.92 Å². The Kier molecular flexibility index (Phi) is 6.22. The zero-order chi connectivity index (χ0) is 23.5. The normalized spacial score (nSPS) is 30.4. The summed E-state index contributed by atoms with van der Waals surface area (Å²) < 4.78 is 116.